The van der Waals surface area contributed by atoms with E-state index in [1.165, 1.54) is 0 Å². The lowest BCUT2D eigenvalue weighted by molar-refractivity contribution is -0.118. The molecule has 0 aliphatic carbocycles. The summed E-state index contributed by atoms with van der Waals surface area (Å²) in [6.07, 6.45) is 0.510. The molecule has 186 valence electrons. The molecule has 0 spiro atoms. The number of ether oxygens (including phenoxy) is 1. The van der Waals surface area contributed by atoms with Crippen LogP contribution in [0.25, 0.3) is 0 Å². The number of hydrogen-bond acceptors (Lipinski definition) is 5. The van der Waals surface area contributed by atoms with E-state index in [-0.39, 0.29) is 28.5 Å². The molecule has 3 unspecified atom stereocenters. The van der Waals surface area contributed by atoms with Crippen LogP contribution in [0.2, 0.25) is 0 Å². The summed E-state index contributed by atoms with van der Waals surface area (Å²) in [6, 6.07) is 36.5. The molecule has 1 saturated heterocycles. The van der Waals surface area contributed by atoms with Gasteiger partial charge in [0.2, 0.25) is 5.91 Å². The van der Waals surface area contributed by atoms with Gasteiger partial charge in [0.25, 0.3) is 5.24 Å². The summed E-state index contributed by atoms with van der Waals surface area (Å²) in [4.78, 5) is 23.7. The molecule has 37 heavy (non-hydrogen) atoms. The van der Waals surface area contributed by atoms with Crippen LogP contribution in [0.4, 0.5) is 4.79 Å². The zero-order chi connectivity index (χ0) is 25.6. The van der Waals surface area contributed by atoms with E-state index in [0.29, 0.717) is 6.42 Å². The van der Waals surface area contributed by atoms with Crippen molar-refractivity contribution in [1.82, 2.24) is 10.6 Å². The van der Waals surface area contributed by atoms with Crippen molar-refractivity contribution in [3.8, 4) is 11.5 Å². The highest BCUT2D eigenvalue weighted by Crippen LogP contribution is 2.30. The van der Waals surface area contributed by atoms with Crippen molar-refractivity contribution in [2.75, 3.05) is 0 Å². The average Bonchev–Trinajstić information content (AvgIpc) is 3.24. The fraction of sp³-hybridized carbons (Fsp3) is 0.161. The van der Waals surface area contributed by atoms with Gasteiger partial charge in [0.05, 0.1) is 11.3 Å². The van der Waals surface area contributed by atoms with E-state index in [2.05, 4.69) is 54.0 Å². The highest BCUT2D eigenvalue weighted by Gasteiger charge is 2.31. The molecule has 0 radical (unpaired) electrons. The first-order valence-corrected chi connectivity index (χ1v) is 13.2. The molecule has 4 aromatic rings. The zero-order valence-electron chi connectivity index (χ0n) is 20.5. The molecule has 2 amide bonds. The van der Waals surface area contributed by atoms with Gasteiger partial charge in [-0.3, -0.25) is 20.2 Å². The highest BCUT2D eigenvalue weighted by molar-refractivity contribution is 8.15. The van der Waals surface area contributed by atoms with Crippen molar-refractivity contribution in [2.45, 2.75) is 30.7 Å². The van der Waals surface area contributed by atoms with Gasteiger partial charge in [-0.05, 0) is 59.9 Å². The second-order valence-electron chi connectivity index (χ2n) is 9.05. The minimum absolute atomic E-state index is 0.0527. The highest BCUT2D eigenvalue weighted by atomic mass is 32.2. The fourth-order valence-corrected chi connectivity index (χ4v) is 5.33. The summed E-state index contributed by atoms with van der Waals surface area (Å²) >= 11 is 1.06. The molecule has 4 aromatic carbocycles. The van der Waals surface area contributed by atoms with Crippen molar-refractivity contribution in [2.24, 2.45) is 0 Å². The number of hydrogen-bond donors (Lipinski definition) is 2. The third-order valence-electron chi connectivity index (χ3n) is 6.38. The van der Waals surface area contributed by atoms with Gasteiger partial charge < -0.3 is 4.74 Å². The lowest BCUT2D eigenvalue weighted by Gasteiger charge is -2.25. The van der Waals surface area contributed by atoms with Crippen LogP contribution in [0.5, 0.6) is 11.5 Å². The molecule has 1 heterocycles. The van der Waals surface area contributed by atoms with Gasteiger partial charge in [0.1, 0.15) is 11.5 Å². The molecule has 3 atom stereocenters. The van der Waals surface area contributed by atoms with Gasteiger partial charge in [0, 0.05) is 6.04 Å². The molecular formula is C31H28N2O3S. The number of para-hydroxylation sites is 1. The Morgan fingerprint density at radius 3 is 2.11 bits per heavy atom. The number of thioether (sulfide) groups is 1. The van der Waals surface area contributed by atoms with E-state index in [0.717, 1.165) is 45.5 Å². The van der Waals surface area contributed by atoms with Gasteiger partial charge in [-0.2, -0.15) is 0 Å². The third-order valence-corrected chi connectivity index (χ3v) is 7.36. The molecule has 0 saturated carbocycles. The summed E-state index contributed by atoms with van der Waals surface area (Å²) in [5, 5.41) is 5.51. The lowest BCUT2D eigenvalue weighted by atomic mass is 9.94. The Bertz CT molecular complexity index is 1360. The summed E-state index contributed by atoms with van der Waals surface area (Å²) < 4.78 is 5.94. The molecule has 1 fully saturated rings. The second-order valence-corrected chi connectivity index (χ2v) is 10.2. The maximum Gasteiger partial charge on any atom is 0.286 e. The van der Waals surface area contributed by atoms with Crippen LogP contribution < -0.4 is 15.4 Å². The molecule has 2 N–H and O–H groups in total. The van der Waals surface area contributed by atoms with E-state index in [4.69, 9.17) is 4.74 Å². The molecular weight excluding hydrogens is 480 g/mol. The topological polar surface area (TPSA) is 67.4 Å². The number of carbonyl (C=O) groups excluding carboxylic acids is 2. The maximum absolute atomic E-state index is 12.1. The number of carbonyl (C=O) groups is 2. The molecule has 0 aromatic heterocycles. The molecule has 5 rings (SSSR count). The van der Waals surface area contributed by atoms with Crippen molar-refractivity contribution in [3.05, 3.63) is 131 Å². The largest absolute Gasteiger partial charge is 0.457 e. The first kappa shape index (κ1) is 24.8. The first-order valence-electron chi connectivity index (χ1n) is 12.3. The number of nitrogens with one attached hydrogen (secondary N) is 2. The minimum atomic E-state index is -0.388. The summed E-state index contributed by atoms with van der Waals surface area (Å²) in [5.74, 6) is 1.39. The number of imide groups is 1. The Hall–Kier alpha value is -3.87. The molecule has 6 heteroatoms. The van der Waals surface area contributed by atoms with Gasteiger partial charge >= 0.3 is 0 Å². The van der Waals surface area contributed by atoms with E-state index in [9.17, 15) is 9.59 Å². The van der Waals surface area contributed by atoms with Crippen LogP contribution in [0.3, 0.4) is 0 Å². The Morgan fingerprint density at radius 1 is 0.784 bits per heavy atom. The Labute approximate surface area is 221 Å². The van der Waals surface area contributed by atoms with E-state index >= 15 is 0 Å². The predicted octanol–water partition coefficient (Wildman–Crippen LogP) is 6.81. The monoisotopic (exact) mass is 508 g/mol. The summed E-state index contributed by atoms with van der Waals surface area (Å²) in [5.41, 5.74) is 4.43. The minimum Gasteiger partial charge on any atom is -0.457 e. The van der Waals surface area contributed by atoms with Crippen LogP contribution in [0.1, 0.15) is 41.3 Å². The van der Waals surface area contributed by atoms with Gasteiger partial charge in [0.15, 0.2) is 0 Å². The third kappa shape index (κ3) is 6.28. The maximum atomic E-state index is 12.1. The number of benzene rings is 4. The van der Waals surface area contributed by atoms with Crippen molar-refractivity contribution in [1.29, 1.82) is 0 Å². The van der Waals surface area contributed by atoms with Crippen LogP contribution >= 0.6 is 11.8 Å². The predicted molar refractivity (Wildman–Crippen MR) is 148 cm³/mol. The Morgan fingerprint density at radius 2 is 1.43 bits per heavy atom. The van der Waals surface area contributed by atoms with Crippen LogP contribution in [-0.4, -0.2) is 16.4 Å². The van der Waals surface area contributed by atoms with Gasteiger partial charge in [-0.15, -0.1) is 0 Å². The van der Waals surface area contributed by atoms with Gasteiger partial charge in [-0.25, -0.2) is 0 Å². The molecule has 1 aliphatic heterocycles. The zero-order valence-corrected chi connectivity index (χ0v) is 21.3. The van der Waals surface area contributed by atoms with Crippen LogP contribution in [0.15, 0.2) is 109 Å². The molecule has 5 nitrogen and oxygen atoms in total. The lowest BCUT2D eigenvalue weighted by Crippen LogP contribution is -2.26. The normalized spacial score (nSPS) is 16.7. The van der Waals surface area contributed by atoms with E-state index < -0.39 is 0 Å². The van der Waals surface area contributed by atoms with Crippen LogP contribution in [-0.2, 0) is 11.2 Å². The molecule has 0 bridgehead atoms. The first-order chi connectivity index (χ1) is 18.0. The van der Waals surface area contributed by atoms with E-state index in [1.54, 1.807) is 0 Å². The Balaban J connectivity index is 1.34. The van der Waals surface area contributed by atoms with Crippen molar-refractivity contribution < 1.29 is 14.3 Å². The standard InChI is InChI=1S/C31H28N2O3S/c1-21(23-15-17-27(18-16-23)36-26-13-6-3-7-14-26)32-29(24-10-4-2-5-11-24)25-12-8-9-22(19-25)20-28-30(34)33-31(35)37-28/h2-19,21,28-29,32H,20H2,1H3,(H,33,34,35). The quantitative estimate of drug-likeness (QED) is 0.260. The smallest absolute Gasteiger partial charge is 0.286 e. The van der Waals surface area contributed by atoms with Crippen molar-refractivity contribution >= 4 is 22.9 Å². The van der Waals surface area contributed by atoms with Gasteiger partial charge in [-0.1, -0.05) is 96.7 Å². The summed E-state index contributed by atoms with van der Waals surface area (Å²) in [7, 11) is 0. The SMILES string of the molecule is CC(NC(c1ccccc1)c1cccc(CC2SC(=O)NC2=O)c1)c1ccc(Oc2ccccc2)cc1. The average molecular weight is 509 g/mol. The summed E-state index contributed by atoms with van der Waals surface area (Å²) in [6.45, 7) is 2.15. The second kappa shape index (κ2) is 11.5. The Kier molecular flexibility index (Phi) is 7.68. The fourth-order valence-electron chi connectivity index (χ4n) is 4.47. The number of amides is 2. The molecule has 1 aliphatic rings. The number of rotatable bonds is 9. The van der Waals surface area contributed by atoms with Crippen LogP contribution in [0, 0.1) is 0 Å². The van der Waals surface area contributed by atoms with Crippen molar-refractivity contribution in [3.63, 3.8) is 0 Å². The van der Waals surface area contributed by atoms with E-state index in [1.807, 2.05) is 72.8 Å².